The molecule has 0 radical (unpaired) electrons. The normalized spacial score (nSPS) is 19.2. The molecule has 0 spiro atoms. The van der Waals surface area contributed by atoms with Gasteiger partial charge < -0.3 is 10.2 Å². The van der Waals surface area contributed by atoms with Gasteiger partial charge in [0.25, 0.3) is 5.91 Å². The molecular formula is C25H29F3N4O2. The number of nitrogens with one attached hydrogen (secondary N) is 1. The minimum absolute atomic E-state index is 0.0527. The second-order valence-electron chi connectivity index (χ2n) is 9.94. The van der Waals surface area contributed by atoms with Gasteiger partial charge in [-0.1, -0.05) is 12.1 Å². The van der Waals surface area contributed by atoms with Crippen molar-refractivity contribution in [2.24, 2.45) is 0 Å². The highest BCUT2D eigenvalue weighted by Crippen LogP contribution is 2.59. The molecule has 1 aromatic heterocycles. The van der Waals surface area contributed by atoms with Crippen LogP contribution in [0.3, 0.4) is 0 Å². The number of nitrogens with zero attached hydrogens (tertiary/aromatic N) is 3. The first-order chi connectivity index (χ1) is 15.8. The maximum absolute atomic E-state index is 13.5. The molecule has 1 aliphatic carbocycles. The summed E-state index contributed by atoms with van der Waals surface area (Å²) in [6, 6.07) is 7.11. The van der Waals surface area contributed by atoms with Gasteiger partial charge in [-0.2, -0.15) is 13.2 Å². The fraction of sp³-hybridized carbons (Fsp3) is 0.480. The van der Waals surface area contributed by atoms with Crippen LogP contribution in [-0.4, -0.2) is 39.6 Å². The molecule has 0 unspecified atom stereocenters. The van der Waals surface area contributed by atoms with Gasteiger partial charge in [0.1, 0.15) is 11.4 Å². The Labute approximate surface area is 197 Å². The van der Waals surface area contributed by atoms with Gasteiger partial charge in [-0.25, -0.2) is 14.7 Å². The van der Waals surface area contributed by atoms with Crippen LogP contribution < -0.4 is 10.2 Å². The van der Waals surface area contributed by atoms with E-state index in [1.807, 2.05) is 26.8 Å². The molecule has 2 aromatic rings. The summed E-state index contributed by atoms with van der Waals surface area (Å²) in [6.07, 6.45) is -2.56. The highest BCUT2D eigenvalue weighted by atomic mass is 19.4. The van der Waals surface area contributed by atoms with Crippen LogP contribution in [-0.2, 0) is 16.8 Å². The van der Waals surface area contributed by atoms with Gasteiger partial charge in [0.2, 0.25) is 0 Å². The van der Waals surface area contributed by atoms with Crippen LogP contribution in [0.4, 0.5) is 29.5 Å². The third-order valence-electron chi connectivity index (χ3n) is 6.86. The molecule has 2 aliphatic rings. The first-order valence-electron chi connectivity index (χ1n) is 11.3. The number of benzene rings is 1. The fourth-order valence-corrected chi connectivity index (χ4v) is 4.46. The van der Waals surface area contributed by atoms with Crippen molar-refractivity contribution in [2.45, 2.75) is 77.2 Å². The van der Waals surface area contributed by atoms with Crippen LogP contribution in [0.1, 0.15) is 57.2 Å². The van der Waals surface area contributed by atoms with E-state index < -0.39 is 29.1 Å². The van der Waals surface area contributed by atoms with Crippen LogP contribution in [0.5, 0.6) is 0 Å². The quantitative estimate of drug-likeness (QED) is 0.558. The molecule has 1 saturated heterocycles. The van der Waals surface area contributed by atoms with Gasteiger partial charge in [0, 0.05) is 18.8 Å². The number of halogens is 3. The summed E-state index contributed by atoms with van der Waals surface area (Å²) in [5.74, 6) is 0.295. The molecule has 9 heteroatoms. The summed E-state index contributed by atoms with van der Waals surface area (Å²) < 4.78 is 40.4. The first kappa shape index (κ1) is 24.0. The van der Waals surface area contributed by atoms with Crippen molar-refractivity contribution in [3.8, 4) is 0 Å². The van der Waals surface area contributed by atoms with Crippen molar-refractivity contribution in [1.82, 2.24) is 9.88 Å². The molecule has 1 aliphatic heterocycles. The highest BCUT2D eigenvalue weighted by molar-refractivity contribution is 6.22. The van der Waals surface area contributed by atoms with Crippen LogP contribution in [0, 0.1) is 6.92 Å². The van der Waals surface area contributed by atoms with Crippen molar-refractivity contribution in [3.05, 3.63) is 53.2 Å². The average molecular weight is 475 g/mol. The Bertz CT molecular complexity index is 1120. The molecule has 182 valence electrons. The minimum atomic E-state index is -4.32. The maximum atomic E-state index is 13.5. The molecule has 2 fully saturated rings. The first-order valence-corrected chi connectivity index (χ1v) is 11.3. The summed E-state index contributed by atoms with van der Waals surface area (Å²) in [7, 11) is 0. The molecule has 0 atom stereocenters. The van der Waals surface area contributed by atoms with Crippen LogP contribution in [0.15, 0.2) is 36.5 Å². The zero-order valence-electron chi connectivity index (χ0n) is 20.0. The molecule has 1 N–H and O–H groups in total. The number of anilines is 2. The molecule has 2 heterocycles. The number of pyridine rings is 1. The Hall–Kier alpha value is -3.10. The number of carbonyl (C=O) groups excluding carboxylic acids is 2. The Morgan fingerprint density at radius 3 is 2.24 bits per heavy atom. The van der Waals surface area contributed by atoms with Crippen molar-refractivity contribution < 1.29 is 22.8 Å². The predicted molar refractivity (Wildman–Crippen MR) is 124 cm³/mol. The lowest BCUT2D eigenvalue weighted by atomic mass is 9.95. The number of imide groups is 1. The molecule has 6 nitrogen and oxygen atoms in total. The molecule has 1 aromatic carbocycles. The van der Waals surface area contributed by atoms with Gasteiger partial charge >= 0.3 is 12.2 Å². The van der Waals surface area contributed by atoms with Gasteiger partial charge in [-0.3, -0.25) is 4.79 Å². The van der Waals surface area contributed by atoms with Crippen LogP contribution >= 0.6 is 0 Å². The lowest BCUT2D eigenvalue weighted by Gasteiger charge is -2.28. The van der Waals surface area contributed by atoms with Gasteiger partial charge in [0.05, 0.1) is 11.1 Å². The van der Waals surface area contributed by atoms with E-state index >= 15 is 0 Å². The van der Waals surface area contributed by atoms with E-state index in [1.165, 1.54) is 29.2 Å². The Balaban J connectivity index is 1.61. The van der Waals surface area contributed by atoms with Crippen LogP contribution in [0.2, 0.25) is 0 Å². The summed E-state index contributed by atoms with van der Waals surface area (Å²) in [5.41, 5.74) is -0.767. The van der Waals surface area contributed by atoms with Crippen LogP contribution in [0.25, 0.3) is 0 Å². The topological polar surface area (TPSA) is 65.5 Å². The second-order valence-corrected chi connectivity index (χ2v) is 9.94. The average Bonchev–Trinajstić information content (AvgIpc) is 3.54. The van der Waals surface area contributed by atoms with E-state index in [0.29, 0.717) is 0 Å². The van der Waals surface area contributed by atoms with E-state index in [-0.39, 0.29) is 36.7 Å². The van der Waals surface area contributed by atoms with Crippen molar-refractivity contribution in [3.63, 3.8) is 0 Å². The van der Waals surface area contributed by atoms with Gasteiger partial charge in [-0.15, -0.1) is 0 Å². The zero-order valence-corrected chi connectivity index (χ0v) is 20.0. The third kappa shape index (κ3) is 3.80. The number of carbonyl (C=O) groups is 2. The lowest BCUT2D eigenvalue weighted by molar-refractivity contribution is -0.160. The number of hydrogen-bond donors (Lipinski definition) is 1. The van der Waals surface area contributed by atoms with E-state index in [1.54, 1.807) is 20.0 Å². The largest absolute Gasteiger partial charge is 0.398 e. The summed E-state index contributed by atoms with van der Waals surface area (Å²) in [6.45, 7) is 9.46. The SMILES string of the molecule is Cc1c(CN2C(=O)N(c3ccc(C4(C(F)(F)F)CC4)cc3)C(=O)C2(C)C)ccnc1NC(C)C. The number of alkyl halides is 3. The molecule has 0 bridgehead atoms. The summed E-state index contributed by atoms with van der Waals surface area (Å²) in [5, 5.41) is 3.27. The Morgan fingerprint density at radius 2 is 1.71 bits per heavy atom. The standard InChI is InChI=1S/C25H29F3N4O2/c1-15(2)30-20-16(3)17(10-13-29-20)14-31-22(34)32(21(33)23(31,4)5)19-8-6-18(7-9-19)24(11-12-24)25(26,27)28/h6-10,13,15H,11-12,14H2,1-5H3,(H,29,30). The maximum Gasteiger partial charge on any atom is 0.398 e. The second kappa shape index (κ2) is 7.99. The molecular weight excluding hydrogens is 445 g/mol. The number of aromatic nitrogens is 1. The Morgan fingerprint density at radius 1 is 1.09 bits per heavy atom. The van der Waals surface area contributed by atoms with Crippen molar-refractivity contribution in [2.75, 3.05) is 10.2 Å². The summed E-state index contributed by atoms with van der Waals surface area (Å²) >= 11 is 0. The van der Waals surface area contributed by atoms with Gasteiger partial charge in [0.15, 0.2) is 0 Å². The number of amides is 3. The van der Waals surface area contributed by atoms with Crippen molar-refractivity contribution >= 4 is 23.4 Å². The van der Waals surface area contributed by atoms with Crippen molar-refractivity contribution in [1.29, 1.82) is 0 Å². The fourth-order valence-electron chi connectivity index (χ4n) is 4.46. The predicted octanol–water partition coefficient (Wildman–Crippen LogP) is 5.55. The van der Waals surface area contributed by atoms with Gasteiger partial charge in [-0.05, 0) is 82.3 Å². The number of hydrogen-bond acceptors (Lipinski definition) is 4. The Kier molecular flexibility index (Phi) is 5.65. The molecule has 34 heavy (non-hydrogen) atoms. The molecule has 4 rings (SSSR count). The van der Waals surface area contributed by atoms with E-state index in [2.05, 4.69) is 10.3 Å². The lowest BCUT2D eigenvalue weighted by Crippen LogP contribution is -2.43. The number of rotatable bonds is 6. The minimum Gasteiger partial charge on any atom is -0.368 e. The molecule has 3 amide bonds. The summed E-state index contributed by atoms with van der Waals surface area (Å²) in [4.78, 5) is 33.5. The van der Waals surface area contributed by atoms with E-state index in [9.17, 15) is 22.8 Å². The zero-order chi connectivity index (χ0) is 25.1. The smallest absolute Gasteiger partial charge is 0.368 e. The number of urea groups is 1. The monoisotopic (exact) mass is 474 g/mol. The van der Waals surface area contributed by atoms with E-state index in [4.69, 9.17) is 0 Å². The molecule has 1 saturated carbocycles. The van der Waals surface area contributed by atoms with E-state index in [0.717, 1.165) is 21.8 Å². The highest BCUT2D eigenvalue weighted by Gasteiger charge is 2.64. The third-order valence-corrected chi connectivity index (χ3v) is 6.86.